The molecule has 1 radical (unpaired) electrons. The lowest BCUT2D eigenvalue weighted by Crippen LogP contribution is -2.28. The maximum Gasteiger partial charge on any atom is 0.234 e. The Morgan fingerprint density at radius 3 is 3.00 bits per heavy atom. The predicted molar refractivity (Wildman–Crippen MR) is 53.3 cm³/mol. The number of phenolic OH excluding ortho intramolecular Hbond substituents is 1. The van der Waals surface area contributed by atoms with Crippen molar-refractivity contribution in [1.82, 2.24) is 5.32 Å². The van der Waals surface area contributed by atoms with Crippen LogP contribution in [0, 0.1) is 6.54 Å². The number of nitrogens with one attached hydrogen (secondary N) is 1. The first-order chi connectivity index (χ1) is 6.72. The van der Waals surface area contributed by atoms with Crippen LogP contribution in [-0.4, -0.2) is 17.6 Å². The molecule has 1 aromatic rings. The smallest absolute Gasteiger partial charge is 0.234 e. The number of phenols is 1. The van der Waals surface area contributed by atoms with Gasteiger partial charge in [-0.05, 0) is 24.1 Å². The van der Waals surface area contributed by atoms with E-state index in [1.807, 2.05) is 6.07 Å². The number of aromatic hydroxyl groups is 1. The van der Waals surface area contributed by atoms with Crippen LogP contribution in [0.1, 0.15) is 5.56 Å². The summed E-state index contributed by atoms with van der Waals surface area (Å²) in [5.74, 6) is 0.00574. The molecule has 0 unspecified atom stereocenters. The first-order valence-electron chi connectivity index (χ1n) is 4.31. The summed E-state index contributed by atoms with van der Waals surface area (Å²) in [7, 11) is 0. The minimum Gasteiger partial charge on any atom is -0.508 e. The molecule has 0 fully saturated rings. The monoisotopic (exact) mass is 193 g/mol. The highest BCUT2D eigenvalue weighted by Gasteiger charge is 1.98. The van der Waals surface area contributed by atoms with Crippen molar-refractivity contribution in [2.75, 3.05) is 6.54 Å². The SMILES string of the molecule is NCC(=O)N[CH]Cc1cccc(O)c1. The van der Waals surface area contributed by atoms with Gasteiger partial charge < -0.3 is 16.2 Å². The third-order valence-corrected chi connectivity index (χ3v) is 1.70. The Morgan fingerprint density at radius 2 is 2.36 bits per heavy atom. The Morgan fingerprint density at radius 1 is 1.57 bits per heavy atom. The summed E-state index contributed by atoms with van der Waals surface area (Å²) in [6.07, 6.45) is 0.570. The van der Waals surface area contributed by atoms with Gasteiger partial charge >= 0.3 is 0 Å². The van der Waals surface area contributed by atoms with Crippen molar-refractivity contribution in [2.45, 2.75) is 6.42 Å². The van der Waals surface area contributed by atoms with Crippen LogP contribution in [0.5, 0.6) is 5.75 Å². The maximum atomic E-state index is 10.8. The average Bonchev–Trinajstić information content (AvgIpc) is 2.17. The van der Waals surface area contributed by atoms with Gasteiger partial charge in [0.25, 0.3) is 0 Å². The Kier molecular flexibility index (Phi) is 3.94. The summed E-state index contributed by atoms with van der Waals surface area (Å²) in [6, 6.07) is 6.86. The van der Waals surface area contributed by atoms with Crippen LogP contribution in [0.3, 0.4) is 0 Å². The quantitative estimate of drug-likeness (QED) is 0.638. The summed E-state index contributed by atoms with van der Waals surface area (Å²) in [5.41, 5.74) is 6.04. The number of nitrogens with two attached hydrogens (primary N) is 1. The van der Waals surface area contributed by atoms with Gasteiger partial charge in [-0.2, -0.15) is 0 Å². The van der Waals surface area contributed by atoms with Gasteiger partial charge in [-0.3, -0.25) is 4.79 Å². The molecule has 0 heterocycles. The largest absolute Gasteiger partial charge is 0.508 e. The molecule has 0 aliphatic carbocycles. The zero-order valence-electron chi connectivity index (χ0n) is 7.73. The summed E-state index contributed by atoms with van der Waals surface area (Å²) in [6.45, 7) is 1.60. The van der Waals surface area contributed by atoms with E-state index in [1.54, 1.807) is 24.7 Å². The molecule has 14 heavy (non-hydrogen) atoms. The molecule has 0 atom stereocenters. The third-order valence-electron chi connectivity index (χ3n) is 1.70. The minimum atomic E-state index is -0.217. The standard InChI is InChI=1S/C10H13N2O2/c11-7-10(14)12-5-4-8-2-1-3-9(13)6-8/h1-3,5-6,13H,4,7,11H2,(H,12,14). The lowest BCUT2D eigenvalue weighted by atomic mass is 10.1. The van der Waals surface area contributed by atoms with Gasteiger partial charge in [0.2, 0.25) is 5.91 Å². The van der Waals surface area contributed by atoms with E-state index >= 15 is 0 Å². The summed E-state index contributed by atoms with van der Waals surface area (Å²) < 4.78 is 0. The highest BCUT2D eigenvalue weighted by molar-refractivity contribution is 5.78. The fraction of sp³-hybridized carbons (Fsp3) is 0.200. The van der Waals surface area contributed by atoms with Crippen LogP contribution in [0.2, 0.25) is 0 Å². The van der Waals surface area contributed by atoms with Crippen LogP contribution < -0.4 is 11.1 Å². The fourth-order valence-corrected chi connectivity index (χ4v) is 1.03. The van der Waals surface area contributed by atoms with Crippen molar-refractivity contribution in [3.63, 3.8) is 0 Å². The number of amides is 1. The number of benzene rings is 1. The molecule has 0 aliphatic rings. The zero-order chi connectivity index (χ0) is 10.4. The first-order valence-corrected chi connectivity index (χ1v) is 4.31. The van der Waals surface area contributed by atoms with Crippen molar-refractivity contribution < 1.29 is 9.90 Å². The third kappa shape index (κ3) is 3.45. The molecule has 75 valence electrons. The molecule has 4 nitrogen and oxygen atoms in total. The number of rotatable bonds is 4. The molecule has 4 heteroatoms. The van der Waals surface area contributed by atoms with Crippen LogP contribution in [0.25, 0.3) is 0 Å². The van der Waals surface area contributed by atoms with Crippen molar-refractivity contribution in [1.29, 1.82) is 0 Å². The molecule has 0 aromatic heterocycles. The van der Waals surface area contributed by atoms with Gasteiger partial charge in [-0.15, -0.1) is 0 Å². The van der Waals surface area contributed by atoms with E-state index in [0.717, 1.165) is 5.56 Å². The molecular formula is C10H13N2O2. The van der Waals surface area contributed by atoms with Gasteiger partial charge in [0.1, 0.15) is 5.75 Å². The van der Waals surface area contributed by atoms with E-state index < -0.39 is 0 Å². The first kappa shape index (κ1) is 10.5. The number of hydrogen-bond acceptors (Lipinski definition) is 3. The average molecular weight is 193 g/mol. The van der Waals surface area contributed by atoms with Crippen molar-refractivity contribution in [2.24, 2.45) is 5.73 Å². The van der Waals surface area contributed by atoms with Gasteiger partial charge in [0.15, 0.2) is 0 Å². The van der Waals surface area contributed by atoms with E-state index in [2.05, 4.69) is 5.32 Å². The van der Waals surface area contributed by atoms with E-state index in [4.69, 9.17) is 10.8 Å². The Balaban J connectivity index is 2.35. The van der Waals surface area contributed by atoms with Gasteiger partial charge in [0, 0.05) is 0 Å². The molecule has 1 amide bonds. The van der Waals surface area contributed by atoms with Crippen LogP contribution in [-0.2, 0) is 11.2 Å². The van der Waals surface area contributed by atoms with Crippen LogP contribution in [0.15, 0.2) is 24.3 Å². The second-order valence-electron chi connectivity index (χ2n) is 2.85. The number of hydrogen-bond donors (Lipinski definition) is 3. The van der Waals surface area contributed by atoms with E-state index in [9.17, 15) is 4.79 Å². The molecule has 0 aliphatic heterocycles. The Labute approximate surface area is 82.7 Å². The van der Waals surface area contributed by atoms with Crippen molar-refractivity contribution in [3.8, 4) is 5.75 Å². The zero-order valence-corrected chi connectivity index (χ0v) is 7.73. The van der Waals surface area contributed by atoms with Crippen LogP contribution >= 0.6 is 0 Å². The highest BCUT2D eigenvalue weighted by atomic mass is 16.3. The van der Waals surface area contributed by atoms with E-state index in [1.165, 1.54) is 0 Å². The van der Waals surface area contributed by atoms with E-state index in [0.29, 0.717) is 6.42 Å². The minimum absolute atomic E-state index is 0.0173. The molecule has 1 rings (SSSR count). The van der Waals surface area contributed by atoms with Crippen molar-refractivity contribution >= 4 is 5.91 Å². The lowest BCUT2D eigenvalue weighted by Gasteiger charge is -2.03. The van der Waals surface area contributed by atoms with Gasteiger partial charge in [0.05, 0.1) is 13.1 Å². The van der Waals surface area contributed by atoms with Gasteiger partial charge in [-0.25, -0.2) is 0 Å². The Hall–Kier alpha value is -1.55. The number of carbonyl (C=O) groups excluding carboxylic acids is 1. The Bertz CT molecular complexity index is 313. The van der Waals surface area contributed by atoms with Gasteiger partial charge in [-0.1, -0.05) is 12.1 Å². The normalized spacial score (nSPS) is 9.79. The predicted octanol–water partition coefficient (Wildman–Crippen LogP) is 0.171. The summed E-state index contributed by atoms with van der Waals surface area (Å²) >= 11 is 0. The summed E-state index contributed by atoms with van der Waals surface area (Å²) in [4.78, 5) is 10.8. The van der Waals surface area contributed by atoms with E-state index in [-0.39, 0.29) is 18.2 Å². The lowest BCUT2D eigenvalue weighted by molar-refractivity contribution is -0.119. The van der Waals surface area contributed by atoms with Crippen LogP contribution in [0.4, 0.5) is 0 Å². The second kappa shape index (κ2) is 5.24. The number of carbonyl (C=O) groups is 1. The topological polar surface area (TPSA) is 75.4 Å². The fourth-order valence-electron chi connectivity index (χ4n) is 1.03. The molecule has 4 N–H and O–H groups in total. The maximum absolute atomic E-state index is 10.8. The summed E-state index contributed by atoms with van der Waals surface area (Å²) in [5, 5.41) is 11.7. The molecule has 0 saturated heterocycles. The molecule has 0 bridgehead atoms. The molecule has 0 spiro atoms. The highest BCUT2D eigenvalue weighted by Crippen LogP contribution is 2.11. The second-order valence-corrected chi connectivity index (χ2v) is 2.85. The molecular weight excluding hydrogens is 180 g/mol. The van der Waals surface area contributed by atoms with Crippen molar-refractivity contribution in [3.05, 3.63) is 36.4 Å². The molecule has 0 saturated carbocycles. The molecule has 1 aromatic carbocycles.